The van der Waals surface area contributed by atoms with Gasteiger partial charge in [-0.2, -0.15) is 5.26 Å². The van der Waals surface area contributed by atoms with Crippen LogP contribution in [0, 0.1) is 11.3 Å². The number of pyridine rings is 1. The number of β-amino-alcohol motifs (C(OH)–C–C–N with tert-alkyl or cyclic N) is 1. The van der Waals surface area contributed by atoms with Crippen molar-refractivity contribution in [2.24, 2.45) is 0 Å². The largest absolute Gasteiger partial charge is 0.390 e. The van der Waals surface area contributed by atoms with Crippen molar-refractivity contribution in [3.05, 3.63) is 23.9 Å². The summed E-state index contributed by atoms with van der Waals surface area (Å²) in [5.74, 6) is 0.794. The van der Waals surface area contributed by atoms with Crippen LogP contribution in [0.5, 0.6) is 0 Å². The molecule has 2 aliphatic heterocycles. The van der Waals surface area contributed by atoms with Crippen LogP contribution in [0.3, 0.4) is 0 Å². The summed E-state index contributed by atoms with van der Waals surface area (Å²) in [6.45, 7) is 3.56. The lowest BCUT2D eigenvalue weighted by Gasteiger charge is -2.33. The summed E-state index contributed by atoms with van der Waals surface area (Å²) >= 11 is 0. The van der Waals surface area contributed by atoms with E-state index in [1.807, 2.05) is 0 Å². The number of hydrogen-bond donors (Lipinski definition) is 1. The average molecular weight is 272 g/mol. The highest BCUT2D eigenvalue weighted by Gasteiger charge is 2.36. The van der Waals surface area contributed by atoms with Gasteiger partial charge < -0.3 is 10.0 Å². The number of rotatable bonds is 2. The molecule has 3 rings (SSSR count). The SMILES string of the molecule is N#Cc1ccnc(N2C[C@H](O)[C@@H](N3CCCCC3)C2)c1. The van der Waals surface area contributed by atoms with Crippen molar-refractivity contribution >= 4 is 5.82 Å². The van der Waals surface area contributed by atoms with Crippen molar-refractivity contribution in [2.45, 2.75) is 31.4 Å². The van der Waals surface area contributed by atoms with E-state index in [1.54, 1.807) is 18.3 Å². The Morgan fingerprint density at radius 3 is 2.80 bits per heavy atom. The van der Waals surface area contributed by atoms with E-state index in [0.717, 1.165) is 25.5 Å². The minimum absolute atomic E-state index is 0.197. The topological polar surface area (TPSA) is 63.4 Å². The van der Waals surface area contributed by atoms with E-state index >= 15 is 0 Å². The van der Waals surface area contributed by atoms with Crippen LogP contribution in [0.4, 0.5) is 5.82 Å². The summed E-state index contributed by atoms with van der Waals surface area (Å²) in [4.78, 5) is 8.82. The van der Waals surface area contributed by atoms with Crippen LogP contribution in [0.1, 0.15) is 24.8 Å². The molecule has 2 fully saturated rings. The minimum Gasteiger partial charge on any atom is -0.390 e. The van der Waals surface area contributed by atoms with Gasteiger partial charge in [-0.05, 0) is 38.1 Å². The van der Waals surface area contributed by atoms with Crippen LogP contribution in [0.25, 0.3) is 0 Å². The van der Waals surface area contributed by atoms with Gasteiger partial charge >= 0.3 is 0 Å². The first-order valence-corrected chi connectivity index (χ1v) is 7.31. The van der Waals surface area contributed by atoms with E-state index in [9.17, 15) is 5.11 Å². The van der Waals surface area contributed by atoms with E-state index < -0.39 is 0 Å². The molecule has 2 saturated heterocycles. The number of aromatic nitrogens is 1. The molecular weight excluding hydrogens is 252 g/mol. The Kier molecular flexibility index (Phi) is 3.86. The molecule has 20 heavy (non-hydrogen) atoms. The highest BCUT2D eigenvalue weighted by atomic mass is 16.3. The monoisotopic (exact) mass is 272 g/mol. The van der Waals surface area contributed by atoms with Crippen molar-refractivity contribution in [3.63, 3.8) is 0 Å². The molecule has 5 nitrogen and oxygen atoms in total. The maximum absolute atomic E-state index is 10.3. The molecule has 0 saturated carbocycles. The molecule has 106 valence electrons. The van der Waals surface area contributed by atoms with E-state index in [-0.39, 0.29) is 12.1 Å². The molecule has 0 amide bonds. The second kappa shape index (κ2) is 5.78. The predicted octanol–water partition coefficient (Wildman–Crippen LogP) is 0.989. The second-order valence-electron chi connectivity index (χ2n) is 5.65. The Hall–Kier alpha value is -1.64. The second-order valence-corrected chi connectivity index (χ2v) is 5.65. The van der Waals surface area contributed by atoms with Crippen molar-refractivity contribution in [2.75, 3.05) is 31.1 Å². The standard InChI is InChI=1S/C15H20N4O/c16-9-12-4-5-17-15(8-12)19-10-13(14(20)11-19)18-6-2-1-3-7-18/h4-5,8,13-14,20H,1-3,6-7,10-11H2/t13-,14-/m0/s1. The molecule has 2 aliphatic rings. The number of aliphatic hydroxyl groups is 1. The Balaban J connectivity index is 1.72. The van der Waals surface area contributed by atoms with Gasteiger partial charge in [0.05, 0.1) is 23.8 Å². The van der Waals surface area contributed by atoms with Crippen LogP contribution < -0.4 is 4.90 Å². The molecule has 0 bridgehead atoms. The first kappa shape index (κ1) is 13.3. The Bertz CT molecular complexity index is 507. The number of nitriles is 1. The van der Waals surface area contributed by atoms with Crippen LogP contribution in [-0.2, 0) is 0 Å². The summed E-state index contributed by atoms with van der Waals surface area (Å²) < 4.78 is 0. The zero-order chi connectivity index (χ0) is 13.9. The van der Waals surface area contributed by atoms with Crippen molar-refractivity contribution in [1.29, 1.82) is 5.26 Å². The predicted molar refractivity (Wildman–Crippen MR) is 76.4 cm³/mol. The Morgan fingerprint density at radius 1 is 1.25 bits per heavy atom. The van der Waals surface area contributed by atoms with Gasteiger partial charge in [-0.15, -0.1) is 0 Å². The number of nitrogens with zero attached hydrogens (tertiary/aromatic N) is 4. The van der Waals surface area contributed by atoms with Gasteiger partial charge in [0.25, 0.3) is 0 Å². The van der Waals surface area contributed by atoms with Crippen LogP contribution in [-0.4, -0.2) is 53.3 Å². The van der Waals surface area contributed by atoms with Crippen LogP contribution >= 0.6 is 0 Å². The number of hydrogen-bond acceptors (Lipinski definition) is 5. The molecule has 5 heteroatoms. The molecule has 1 aromatic rings. The lowest BCUT2D eigenvalue weighted by Crippen LogP contribution is -2.45. The molecule has 1 N–H and O–H groups in total. The van der Waals surface area contributed by atoms with E-state index in [1.165, 1.54) is 19.3 Å². The smallest absolute Gasteiger partial charge is 0.129 e. The van der Waals surface area contributed by atoms with E-state index in [4.69, 9.17) is 5.26 Å². The fourth-order valence-electron chi connectivity index (χ4n) is 3.23. The summed E-state index contributed by atoms with van der Waals surface area (Å²) in [5, 5.41) is 19.3. The van der Waals surface area contributed by atoms with Gasteiger partial charge in [-0.1, -0.05) is 6.42 Å². The summed E-state index contributed by atoms with van der Waals surface area (Å²) in [6, 6.07) is 5.84. The summed E-state index contributed by atoms with van der Waals surface area (Å²) in [5.41, 5.74) is 0.617. The normalized spacial score (nSPS) is 27.5. The zero-order valence-electron chi connectivity index (χ0n) is 11.6. The molecule has 0 radical (unpaired) electrons. The number of likely N-dealkylation sites (tertiary alicyclic amines) is 1. The first-order valence-electron chi connectivity index (χ1n) is 7.31. The highest BCUT2D eigenvalue weighted by Crippen LogP contribution is 2.24. The van der Waals surface area contributed by atoms with Crippen molar-refractivity contribution < 1.29 is 5.11 Å². The molecule has 3 heterocycles. The summed E-state index contributed by atoms with van der Waals surface area (Å²) in [7, 11) is 0. The fourth-order valence-corrected chi connectivity index (χ4v) is 3.23. The van der Waals surface area contributed by atoms with E-state index in [2.05, 4.69) is 20.9 Å². The third kappa shape index (κ3) is 2.62. The fraction of sp³-hybridized carbons (Fsp3) is 0.600. The Morgan fingerprint density at radius 2 is 2.05 bits per heavy atom. The van der Waals surface area contributed by atoms with Crippen molar-refractivity contribution in [3.8, 4) is 6.07 Å². The van der Waals surface area contributed by atoms with Crippen LogP contribution in [0.2, 0.25) is 0 Å². The maximum Gasteiger partial charge on any atom is 0.129 e. The van der Waals surface area contributed by atoms with Crippen molar-refractivity contribution in [1.82, 2.24) is 9.88 Å². The molecule has 1 aromatic heterocycles. The lowest BCUT2D eigenvalue weighted by atomic mass is 10.1. The zero-order valence-corrected chi connectivity index (χ0v) is 11.6. The van der Waals surface area contributed by atoms with Gasteiger partial charge in [-0.3, -0.25) is 4.90 Å². The number of piperidine rings is 1. The van der Waals surface area contributed by atoms with E-state index in [0.29, 0.717) is 12.1 Å². The molecule has 2 atom stereocenters. The number of anilines is 1. The lowest BCUT2D eigenvalue weighted by molar-refractivity contribution is 0.0706. The number of aliphatic hydroxyl groups excluding tert-OH is 1. The minimum atomic E-state index is -0.333. The van der Waals surface area contributed by atoms with Crippen LogP contribution in [0.15, 0.2) is 18.3 Å². The summed E-state index contributed by atoms with van der Waals surface area (Å²) in [6.07, 6.45) is 5.08. The van der Waals surface area contributed by atoms with Gasteiger partial charge in [0.1, 0.15) is 5.82 Å². The molecule has 0 unspecified atom stereocenters. The Labute approximate surface area is 119 Å². The van der Waals surface area contributed by atoms with Gasteiger partial charge in [0.2, 0.25) is 0 Å². The molecule has 0 aromatic carbocycles. The highest BCUT2D eigenvalue weighted by molar-refractivity contribution is 5.46. The first-order chi connectivity index (χ1) is 9.78. The molecule has 0 spiro atoms. The third-order valence-corrected chi connectivity index (χ3v) is 4.32. The quantitative estimate of drug-likeness (QED) is 0.870. The van der Waals surface area contributed by atoms with Gasteiger partial charge in [0.15, 0.2) is 0 Å². The average Bonchev–Trinajstić information content (AvgIpc) is 2.90. The molecule has 0 aliphatic carbocycles. The molecular formula is C15H20N4O. The van der Waals surface area contributed by atoms with Gasteiger partial charge in [0, 0.05) is 19.3 Å². The maximum atomic E-state index is 10.3. The van der Waals surface area contributed by atoms with Gasteiger partial charge in [-0.25, -0.2) is 4.98 Å². The third-order valence-electron chi connectivity index (χ3n) is 4.32.